The Labute approximate surface area is 140 Å². The van der Waals surface area contributed by atoms with Gasteiger partial charge in [-0.1, -0.05) is 43.1 Å². The molecule has 0 aliphatic heterocycles. The molecule has 5 heteroatoms. The van der Waals surface area contributed by atoms with Crippen molar-refractivity contribution in [1.82, 2.24) is 9.38 Å². The van der Waals surface area contributed by atoms with Crippen LogP contribution in [0.15, 0.2) is 48.7 Å². The van der Waals surface area contributed by atoms with Crippen LogP contribution in [0.2, 0.25) is 5.02 Å². The predicted molar refractivity (Wildman–Crippen MR) is 93.8 cm³/mol. The molecular weight excluding hydrogens is 310 g/mol. The first-order valence-corrected chi connectivity index (χ1v) is 8.09. The summed E-state index contributed by atoms with van der Waals surface area (Å²) in [6.07, 6.45) is 4.28. The van der Waals surface area contributed by atoms with E-state index >= 15 is 0 Å². The van der Waals surface area contributed by atoms with Crippen LogP contribution in [0.4, 0.5) is 5.82 Å². The molecule has 1 aromatic carbocycles. The van der Waals surface area contributed by atoms with Crippen molar-refractivity contribution in [2.75, 3.05) is 5.32 Å². The number of fused-ring (bicyclic) bond motifs is 1. The maximum absolute atomic E-state index is 12.2. The largest absolute Gasteiger partial charge is 0.310 e. The van der Waals surface area contributed by atoms with E-state index in [1.165, 1.54) is 0 Å². The van der Waals surface area contributed by atoms with E-state index < -0.39 is 0 Å². The summed E-state index contributed by atoms with van der Waals surface area (Å²) < 4.78 is 1.90. The lowest BCUT2D eigenvalue weighted by Gasteiger charge is -2.07. The number of nitrogens with zero attached hydrogens (tertiary/aromatic N) is 2. The number of benzene rings is 1. The molecule has 0 saturated carbocycles. The molecule has 0 radical (unpaired) electrons. The van der Waals surface area contributed by atoms with E-state index in [0.717, 1.165) is 29.7 Å². The zero-order valence-corrected chi connectivity index (χ0v) is 13.7. The molecule has 0 aliphatic carbocycles. The molecule has 0 atom stereocenters. The van der Waals surface area contributed by atoms with Gasteiger partial charge in [0.15, 0.2) is 0 Å². The molecule has 2 aromatic heterocycles. The Morgan fingerprint density at radius 1 is 1.22 bits per heavy atom. The highest BCUT2D eigenvalue weighted by Gasteiger charge is 2.16. The number of rotatable bonds is 5. The fourth-order valence-electron chi connectivity index (χ4n) is 2.46. The fourth-order valence-corrected chi connectivity index (χ4v) is 2.58. The van der Waals surface area contributed by atoms with Crippen LogP contribution in [0.1, 0.15) is 26.2 Å². The summed E-state index contributed by atoms with van der Waals surface area (Å²) in [6, 6.07) is 13.2. The Morgan fingerprint density at radius 2 is 2.00 bits per heavy atom. The number of aromatic nitrogens is 2. The monoisotopic (exact) mass is 327 g/mol. The minimum Gasteiger partial charge on any atom is -0.310 e. The lowest BCUT2D eigenvalue weighted by molar-refractivity contribution is -0.116. The molecule has 0 saturated heterocycles. The number of hydrogen-bond donors (Lipinski definition) is 1. The van der Waals surface area contributed by atoms with Gasteiger partial charge in [-0.2, -0.15) is 0 Å². The summed E-state index contributed by atoms with van der Waals surface area (Å²) in [5, 5.41) is 3.68. The van der Waals surface area contributed by atoms with Crippen molar-refractivity contribution in [1.29, 1.82) is 0 Å². The van der Waals surface area contributed by atoms with Gasteiger partial charge in [0.25, 0.3) is 0 Å². The van der Waals surface area contributed by atoms with E-state index in [4.69, 9.17) is 11.6 Å². The van der Waals surface area contributed by atoms with E-state index in [2.05, 4.69) is 17.2 Å². The molecular formula is C18H18ClN3O. The van der Waals surface area contributed by atoms with Crippen LogP contribution in [0, 0.1) is 0 Å². The first-order valence-electron chi connectivity index (χ1n) is 7.72. The predicted octanol–water partition coefficient (Wildman–Crippen LogP) is 4.78. The summed E-state index contributed by atoms with van der Waals surface area (Å²) in [4.78, 5) is 16.8. The van der Waals surface area contributed by atoms with Crippen molar-refractivity contribution >= 4 is 29.0 Å². The molecule has 23 heavy (non-hydrogen) atoms. The Hall–Kier alpha value is -2.33. The quantitative estimate of drug-likeness (QED) is 0.732. The Kier molecular flexibility index (Phi) is 4.63. The molecule has 2 heterocycles. The summed E-state index contributed by atoms with van der Waals surface area (Å²) in [5.74, 6) is 0.705. The van der Waals surface area contributed by atoms with Gasteiger partial charge in [0.2, 0.25) is 5.91 Å². The van der Waals surface area contributed by atoms with Crippen molar-refractivity contribution in [3.8, 4) is 11.3 Å². The van der Waals surface area contributed by atoms with Crippen LogP contribution < -0.4 is 5.32 Å². The van der Waals surface area contributed by atoms with Gasteiger partial charge >= 0.3 is 0 Å². The minimum atomic E-state index is 0.00714. The molecule has 118 valence electrons. The van der Waals surface area contributed by atoms with Crippen LogP contribution in [0.25, 0.3) is 16.9 Å². The van der Waals surface area contributed by atoms with Gasteiger partial charge in [-0.05, 0) is 30.7 Å². The number of imidazole rings is 1. The van der Waals surface area contributed by atoms with Gasteiger partial charge in [0, 0.05) is 23.2 Å². The molecule has 1 N–H and O–H groups in total. The average Bonchev–Trinajstić information content (AvgIpc) is 2.92. The number of hydrogen-bond acceptors (Lipinski definition) is 2. The van der Waals surface area contributed by atoms with E-state index in [9.17, 15) is 4.79 Å². The second-order valence-corrected chi connectivity index (χ2v) is 5.83. The number of amides is 1. The van der Waals surface area contributed by atoms with Crippen LogP contribution in [-0.2, 0) is 4.79 Å². The van der Waals surface area contributed by atoms with Crippen molar-refractivity contribution in [3.63, 3.8) is 0 Å². The van der Waals surface area contributed by atoms with Gasteiger partial charge in [0.05, 0.1) is 0 Å². The first kappa shape index (κ1) is 15.6. The van der Waals surface area contributed by atoms with Crippen molar-refractivity contribution < 1.29 is 4.79 Å². The molecule has 0 bridgehead atoms. The third kappa shape index (κ3) is 3.37. The fraction of sp³-hybridized carbons (Fsp3) is 0.222. The lowest BCUT2D eigenvalue weighted by Crippen LogP contribution is -2.13. The number of nitrogens with one attached hydrogen (secondary N) is 1. The smallest absolute Gasteiger partial charge is 0.225 e. The minimum absolute atomic E-state index is 0.00714. The molecule has 1 amide bonds. The molecule has 0 aliphatic rings. The third-order valence-electron chi connectivity index (χ3n) is 3.66. The van der Waals surface area contributed by atoms with Gasteiger partial charge < -0.3 is 5.32 Å². The first-order chi connectivity index (χ1) is 11.2. The Bertz CT molecular complexity index is 824. The second kappa shape index (κ2) is 6.84. The third-order valence-corrected chi connectivity index (χ3v) is 3.91. The lowest BCUT2D eigenvalue weighted by atomic mass is 10.1. The van der Waals surface area contributed by atoms with E-state index in [1.807, 2.05) is 53.1 Å². The second-order valence-electron chi connectivity index (χ2n) is 5.40. The van der Waals surface area contributed by atoms with E-state index in [0.29, 0.717) is 17.3 Å². The van der Waals surface area contributed by atoms with E-state index in [1.54, 1.807) is 0 Å². The van der Waals surface area contributed by atoms with Crippen LogP contribution in [-0.4, -0.2) is 15.3 Å². The highest BCUT2D eigenvalue weighted by atomic mass is 35.5. The van der Waals surface area contributed by atoms with Gasteiger partial charge in [-0.25, -0.2) is 4.98 Å². The molecule has 0 spiro atoms. The normalized spacial score (nSPS) is 10.9. The van der Waals surface area contributed by atoms with Crippen LogP contribution >= 0.6 is 11.6 Å². The zero-order chi connectivity index (χ0) is 16.2. The van der Waals surface area contributed by atoms with Crippen molar-refractivity contribution in [2.45, 2.75) is 26.2 Å². The topological polar surface area (TPSA) is 46.4 Å². The van der Waals surface area contributed by atoms with Crippen molar-refractivity contribution in [2.24, 2.45) is 0 Å². The highest BCUT2D eigenvalue weighted by Crippen LogP contribution is 2.29. The molecule has 0 unspecified atom stereocenters. The van der Waals surface area contributed by atoms with Gasteiger partial charge in [-0.3, -0.25) is 9.20 Å². The number of carbonyl (C=O) groups is 1. The number of pyridine rings is 1. The number of unbranched alkanes of at least 4 members (excludes halogenated alkanes) is 1. The summed E-state index contributed by atoms with van der Waals surface area (Å²) in [7, 11) is 0. The van der Waals surface area contributed by atoms with E-state index in [-0.39, 0.29) is 5.91 Å². The highest BCUT2D eigenvalue weighted by molar-refractivity contribution is 6.30. The Balaban J connectivity index is 2.04. The molecule has 0 fully saturated rings. The maximum Gasteiger partial charge on any atom is 0.225 e. The van der Waals surface area contributed by atoms with Crippen LogP contribution in [0.3, 0.4) is 0 Å². The standard InChI is InChI=1S/C18H18ClN3O/c1-2-3-7-16(23)21-18-17(13-8-10-14(19)11-9-13)20-15-6-4-5-12-22(15)18/h4-6,8-12H,2-3,7H2,1H3,(H,21,23). The summed E-state index contributed by atoms with van der Waals surface area (Å²) in [6.45, 7) is 2.07. The van der Waals surface area contributed by atoms with Crippen molar-refractivity contribution in [3.05, 3.63) is 53.7 Å². The van der Waals surface area contributed by atoms with Gasteiger partial charge in [-0.15, -0.1) is 0 Å². The SMILES string of the molecule is CCCCC(=O)Nc1c(-c2ccc(Cl)cc2)nc2ccccn12. The van der Waals surface area contributed by atoms with Gasteiger partial charge in [0.1, 0.15) is 17.2 Å². The number of carbonyl (C=O) groups excluding carboxylic acids is 1. The average molecular weight is 328 g/mol. The number of halogens is 1. The number of anilines is 1. The summed E-state index contributed by atoms with van der Waals surface area (Å²) >= 11 is 5.96. The maximum atomic E-state index is 12.2. The molecule has 4 nitrogen and oxygen atoms in total. The van der Waals surface area contributed by atoms with Crippen LogP contribution in [0.5, 0.6) is 0 Å². The Morgan fingerprint density at radius 3 is 2.74 bits per heavy atom. The zero-order valence-electron chi connectivity index (χ0n) is 12.9. The summed E-state index contributed by atoms with van der Waals surface area (Å²) in [5.41, 5.74) is 2.46. The molecule has 3 aromatic rings. The molecule has 3 rings (SSSR count).